The van der Waals surface area contributed by atoms with Crippen molar-refractivity contribution < 1.29 is 0 Å². The first-order valence-corrected chi connectivity index (χ1v) is 8.29. The summed E-state index contributed by atoms with van der Waals surface area (Å²) in [5.41, 5.74) is 6.35. The Balaban J connectivity index is 2.49. The monoisotopic (exact) mass is 258 g/mol. The molecule has 0 bridgehead atoms. The first-order chi connectivity index (χ1) is 7.95. The van der Waals surface area contributed by atoms with Gasteiger partial charge in [0.15, 0.2) is 0 Å². The normalized spacial score (nSPS) is 36.2. The van der Waals surface area contributed by atoms with Crippen LogP contribution < -0.4 is 5.73 Å². The van der Waals surface area contributed by atoms with Crippen molar-refractivity contribution in [1.29, 1.82) is 0 Å². The van der Waals surface area contributed by atoms with Crippen molar-refractivity contribution in [3.8, 4) is 0 Å². The van der Waals surface area contributed by atoms with Crippen molar-refractivity contribution in [2.75, 3.05) is 25.6 Å². The Bertz CT molecular complexity index is 210. The predicted octanol–water partition coefficient (Wildman–Crippen LogP) is 2.68. The fourth-order valence-electron chi connectivity index (χ4n) is 3.16. The van der Waals surface area contributed by atoms with Gasteiger partial charge in [-0.1, -0.05) is 13.8 Å². The van der Waals surface area contributed by atoms with E-state index in [4.69, 9.17) is 5.73 Å². The molecule has 3 heteroatoms. The molecule has 2 nitrogen and oxygen atoms in total. The van der Waals surface area contributed by atoms with Gasteiger partial charge in [0.25, 0.3) is 0 Å². The summed E-state index contributed by atoms with van der Waals surface area (Å²) < 4.78 is 0. The first kappa shape index (κ1) is 15.3. The van der Waals surface area contributed by atoms with Gasteiger partial charge in [-0.05, 0) is 50.8 Å². The van der Waals surface area contributed by atoms with Crippen LogP contribution in [0.25, 0.3) is 0 Å². The molecule has 1 aliphatic rings. The number of hydrogen-bond acceptors (Lipinski definition) is 3. The van der Waals surface area contributed by atoms with E-state index >= 15 is 0 Å². The summed E-state index contributed by atoms with van der Waals surface area (Å²) in [6, 6.07) is 1.06. The van der Waals surface area contributed by atoms with E-state index in [2.05, 4.69) is 39.0 Å². The molecule has 17 heavy (non-hydrogen) atoms. The fraction of sp³-hybridized carbons (Fsp3) is 1.00. The number of thioether (sulfide) groups is 1. The summed E-state index contributed by atoms with van der Waals surface area (Å²) in [4.78, 5) is 2.49. The van der Waals surface area contributed by atoms with Gasteiger partial charge in [0.2, 0.25) is 0 Å². The van der Waals surface area contributed by atoms with Gasteiger partial charge in [-0.15, -0.1) is 0 Å². The minimum Gasteiger partial charge on any atom is -0.327 e. The molecule has 1 saturated carbocycles. The second-order valence-electron chi connectivity index (χ2n) is 6.13. The zero-order chi connectivity index (χ0) is 13.0. The molecule has 0 saturated heterocycles. The van der Waals surface area contributed by atoms with Crippen LogP contribution in [0.1, 0.15) is 33.6 Å². The fourth-order valence-corrected chi connectivity index (χ4v) is 3.90. The van der Waals surface area contributed by atoms with Crippen molar-refractivity contribution in [3.05, 3.63) is 0 Å². The Labute approximate surface area is 112 Å². The van der Waals surface area contributed by atoms with Crippen molar-refractivity contribution in [3.63, 3.8) is 0 Å². The average Bonchev–Trinajstić information content (AvgIpc) is 2.23. The summed E-state index contributed by atoms with van der Waals surface area (Å²) in [7, 11) is 2.25. The largest absolute Gasteiger partial charge is 0.327 e. The molecule has 5 unspecified atom stereocenters. The maximum absolute atomic E-state index is 6.35. The summed E-state index contributed by atoms with van der Waals surface area (Å²) in [6.45, 7) is 8.20. The van der Waals surface area contributed by atoms with E-state index in [0.29, 0.717) is 18.0 Å². The molecule has 0 aromatic carbocycles. The van der Waals surface area contributed by atoms with Gasteiger partial charge in [-0.25, -0.2) is 0 Å². The van der Waals surface area contributed by atoms with Crippen molar-refractivity contribution in [2.45, 2.75) is 45.7 Å². The Morgan fingerprint density at radius 1 is 1.35 bits per heavy atom. The SMILES string of the molecule is CSCC(C)N(C)CC1C(C)CC(C)CC1N. The number of hydrogen-bond donors (Lipinski definition) is 1. The van der Waals surface area contributed by atoms with Crippen LogP contribution in [0.15, 0.2) is 0 Å². The van der Waals surface area contributed by atoms with Crippen LogP contribution in [0.5, 0.6) is 0 Å². The van der Waals surface area contributed by atoms with Gasteiger partial charge in [0.1, 0.15) is 0 Å². The minimum absolute atomic E-state index is 0.401. The highest BCUT2D eigenvalue weighted by Crippen LogP contribution is 2.33. The average molecular weight is 258 g/mol. The lowest BCUT2D eigenvalue weighted by atomic mass is 9.72. The summed E-state index contributed by atoms with van der Waals surface area (Å²) in [5, 5.41) is 0. The highest BCUT2D eigenvalue weighted by atomic mass is 32.2. The van der Waals surface area contributed by atoms with Crippen LogP contribution in [-0.2, 0) is 0 Å². The molecule has 0 heterocycles. The summed E-state index contributed by atoms with van der Waals surface area (Å²) >= 11 is 1.93. The Morgan fingerprint density at radius 2 is 2.00 bits per heavy atom. The Kier molecular flexibility index (Phi) is 6.32. The Hall–Kier alpha value is 0.270. The number of nitrogens with two attached hydrogens (primary N) is 1. The van der Waals surface area contributed by atoms with Crippen LogP contribution in [0.2, 0.25) is 0 Å². The highest BCUT2D eigenvalue weighted by Gasteiger charge is 2.32. The third-order valence-corrected chi connectivity index (χ3v) is 5.20. The molecule has 0 radical (unpaired) electrons. The smallest absolute Gasteiger partial charge is 0.0155 e. The molecular weight excluding hydrogens is 228 g/mol. The van der Waals surface area contributed by atoms with Gasteiger partial charge in [0, 0.05) is 24.4 Å². The van der Waals surface area contributed by atoms with Gasteiger partial charge >= 0.3 is 0 Å². The lowest BCUT2D eigenvalue weighted by molar-refractivity contribution is 0.118. The van der Waals surface area contributed by atoms with E-state index in [1.54, 1.807) is 0 Å². The molecule has 0 aliphatic heterocycles. The van der Waals surface area contributed by atoms with Gasteiger partial charge in [-0.3, -0.25) is 0 Å². The van der Waals surface area contributed by atoms with Crippen molar-refractivity contribution in [1.82, 2.24) is 4.90 Å². The van der Waals surface area contributed by atoms with Crippen LogP contribution in [0.4, 0.5) is 0 Å². The Morgan fingerprint density at radius 3 is 2.53 bits per heavy atom. The van der Waals surface area contributed by atoms with Crippen LogP contribution in [-0.4, -0.2) is 42.6 Å². The van der Waals surface area contributed by atoms with E-state index in [0.717, 1.165) is 18.4 Å². The quantitative estimate of drug-likeness (QED) is 0.822. The molecule has 1 rings (SSSR count). The maximum atomic E-state index is 6.35. The second kappa shape index (κ2) is 7.01. The molecule has 0 spiro atoms. The topological polar surface area (TPSA) is 29.3 Å². The summed E-state index contributed by atoms with van der Waals surface area (Å²) in [6.07, 6.45) is 4.74. The molecule has 0 aromatic heterocycles. The maximum Gasteiger partial charge on any atom is 0.0155 e. The van der Waals surface area contributed by atoms with Gasteiger partial charge < -0.3 is 10.6 Å². The molecule has 1 aliphatic carbocycles. The highest BCUT2D eigenvalue weighted by molar-refractivity contribution is 7.98. The van der Waals surface area contributed by atoms with Crippen molar-refractivity contribution >= 4 is 11.8 Å². The molecule has 2 N–H and O–H groups in total. The zero-order valence-corrected chi connectivity index (χ0v) is 13.0. The lowest BCUT2D eigenvalue weighted by Crippen LogP contribution is -2.47. The minimum atomic E-state index is 0.401. The van der Waals surface area contributed by atoms with E-state index in [1.807, 2.05) is 11.8 Å². The third-order valence-electron chi connectivity index (χ3n) is 4.39. The molecule has 0 aromatic rings. The standard InChI is InChI=1S/C14H30N2S/c1-10-6-11(2)13(14(15)7-10)8-16(4)12(3)9-17-5/h10-14H,6-9,15H2,1-5H3. The molecule has 5 atom stereocenters. The molecular formula is C14H30N2S. The van der Waals surface area contributed by atoms with E-state index in [-0.39, 0.29) is 0 Å². The van der Waals surface area contributed by atoms with Crippen LogP contribution in [0.3, 0.4) is 0 Å². The van der Waals surface area contributed by atoms with Crippen LogP contribution >= 0.6 is 11.8 Å². The molecule has 102 valence electrons. The van der Waals surface area contributed by atoms with Crippen molar-refractivity contribution in [2.24, 2.45) is 23.5 Å². The van der Waals surface area contributed by atoms with E-state index < -0.39 is 0 Å². The summed E-state index contributed by atoms with van der Waals surface area (Å²) in [5.74, 6) is 3.48. The van der Waals surface area contributed by atoms with Gasteiger partial charge in [-0.2, -0.15) is 11.8 Å². The van der Waals surface area contributed by atoms with Crippen LogP contribution in [0, 0.1) is 17.8 Å². The molecule has 0 amide bonds. The first-order valence-electron chi connectivity index (χ1n) is 6.90. The lowest BCUT2D eigenvalue weighted by Gasteiger charge is -2.40. The number of nitrogens with zero attached hydrogens (tertiary/aromatic N) is 1. The van der Waals surface area contributed by atoms with Gasteiger partial charge in [0.05, 0.1) is 0 Å². The van der Waals surface area contributed by atoms with E-state index in [9.17, 15) is 0 Å². The van der Waals surface area contributed by atoms with E-state index in [1.165, 1.54) is 18.6 Å². The molecule has 1 fully saturated rings. The predicted molar refractivity (Wildman–Crippen MR) is 79.5 cm³/mol. The zero-order valence-electron chi connectivity index (χ0n) is 12.1. The number of rotatable bonds is 5. The second-order valence-corrected chi connectivity index (χ2v) is 7.04. The third kappa shape index (κ3) is 4.46.